The number of nitrogen functional groups attached to an aromatic ring is 1. The number of benzene rings is 1. The van der Waals surface area contributed by atoms with Gasteiger partial charge in [0.1, 0.15) is 6.54 Å². The number of nitrogens with zero attached hydrogens (tertiary/aromatic N) is 2. The SMILES string of the molecule is CC(C1CC1)N(CC(F)(F)F)C(=O)COC(=O)c1cc([N+](=O)[O-])ccc1N. The van der Waals surface area contributed by atoms with Crippen molar-refractivity contribution in [2.75, 3.05) is 18.9 Å². The number of carbonyl (C=O) groups excluding carboxylic acids is 2. The van der Waals surface area contributed by atoms with Gasteiger partial charge in [0.2, 0.25) is 0 Å². The molecule has 0 spiro atoms. The molecule has 1 aromatic rings. The van der Waals surface area contributed by atoms with E-state index in [1.807, 2.05) is 0 Å². The number of alkyl halides is 3. The van der Waals surface area contributed by atoms with E-state index in [1.165, 1.54) is 6.92 Å². The quantitative estimate of drug-likeness (QED) is 0.332. The first-order valence-corrected chi connectivity index (χ1v) is 8.07. The van der Waals surface area contributed by atoms with E-state index < -0.39 is 47.9 Å². The van der Waals surface area contributed by atoms with Crippen LogP contribution in [-0.4, -0.2) is 47.1 Å². The van der Waals surface area contributed by atoms with Gasteiger partial charge in [0.25, 0.3) is 11.6 Å². The Morgan fingerprint density at radius 1 is 1.41 bits per heavy atom. The molecule has 0 saturated heterocycles. The summed E-state index contributed by atoms with van der Waals surface area (Å²) in [7, 11) is 0. The predicted octanol–water partition coefficient (Wildman–Crippen LogP) is 2.52. The second-order valence-corrected chi connectivity index (χ2v) is 6.32. The highest BCUT2D eigenvalue weighted by atomic mass is 19.4. The molecular weight excluding hydrogens is 371 g/mol. The molecule has 1 amide bonds. The molecule has 0 aromatic heterocycles. The highest BCUT2D eigenvalue weighted by Gasteiger charge is 2.40. The van der Waals surface area contributed by atoms with Crippen LogP contribution < -0.4 is 5.73 Å². The third-order valence-corrected chi connectivity index (χ3v) is 4.26. The van der Waals surface area contributed by atoms with Gasteiger partial charge >= 0.3 is 12.1 Å². The zero-order valence-electron chi connectivity index (χ0n) is 14.4. The van der Waals surface area contributed by atoms with Crippen molar-refractivity contribution in [3.05, 3.63) is 33.9 Å². The zero-order chi connectivity index (χ0) is 20.4. The molecule has 1 atom stereocenters. The lowest BCUT2D eigenvalue weighted by Gasteiger charge is -2.30. The van der Waals surface area contributed by atoms with Crippen molar-refractivity contribution in [3.63, 3.8) is 0 Å². The van der Waals surface area contributed by atoms with Crippen LogP contribution in [0.4, 0.5) is 24.5 Å². The van der Waals surface area contributed by atoms with Crippen LogP contribution in [0.1, 0.15) is 30.1 Å². The first-order valence-electron chi connectivity index (χ1n) is 8.07. The molecule has 1 aliphatic carbocycles. The van der Waals surface area contributed by atoms with Gasteiger partial charge in [-0.15, -0.1) is 0 Å². The number of non-ortho nitro benzene ring substituents is 1. The molecule has 2 rings (SSSR count). The van der Waals surface area contributed by atoms with Crippen molar-refractivity contribution in [2.24, 2.45) is 5.92 Å². The van der Waals surface area contributed by atoms with Crippen LogP contribution in [0.3, 0.4) is 0 Å². The van der Waals surface area contributed by atoms with E-state index in [-0.39, 0.29) is 17.2 Å². The second-order valence-electron chi connectivity index (χ2n) is 6.32. The number of carbonyl (C=O) groups is 2. The Bertz CT molecular complexity index is 749. The molecule has 1 unspecified atom stereocenters. The summed E-state index contributed by atoms with van der Waals surface area (Å²) in [5.41, 5.74) is 4.70. The number of halogens is 3. The van der Waals surface area contributed by atoms with E-state index in [0.717, 1.165) is 31.0 Å². The van der Waals surface area contributed by atoms with Gasteiger partial charge in [-0.1, -0.05) is 0 Å². The van der Waals surface area contributed by atoms with Gasteiger partial charge in [-0.2, -0.15) is 13.2 Å². The van der Waals surface area contributed by atoms with Crippen LogP contribution in [0.2, 0.25) is 0 Å². The average Bonchev–Trinajstić information content (AvgIpc) is 3.41. The van der Waals surface area contributed by atoms with Crippen LogP contribution in [0.15, 0.2) is 18.2 Å². The van der Waals surface area contributed by atoms with E-state index in [4.69, 9.17) is 10.5 Å². The summed E-state index contributed by atoms with van der Waals surface area (Å²) in [6.45, 7) is -0.851. The molecule has 1 aromatic carbocycles. The Kier molecular flexibility index (Phi) is 5.91. The number of anilines is 1. The molecule has 0 aliphatic heterocycles. The van der Waals surface area contributed by atoms with Crippen molar-refractivity contribution in [1.29, 1.82) is 0 Å². The Labute approximate surface area is 152 Å². The minimum absolute atomic E-state index is 0.0144. The van der Waals surface area contributed by atoms with Crippen LogP contribution in [0.5, 0.6) is 0 Å². The number of nitrogens with two attached hydrogens (primary N) is 1. The molecule has 8 nitrogen and oxygen atoms in total. The van der Waals surface area contributed by atoms with Crippen molar-refractivity contribution < 1.29 is 32.4 Å². The normalized spacial score (nSPS) is 15.1. The van der Waals surface area contributed by atoms with E-state index in [0.29, 0.717) is 4.90 Å². The zero-order valence-corrected chi connectivity index (χ0v) is 14.4. The van der Waals surface area contributed by atoms with Crippen LogP contribution >= 0.6 is 0 Å². The summed E-state index contributed by atoms with van der Waals surface area (Å²) in [6, 6.07) is 2.45. The van der Waals surface area contributed by atoms with E-state index >= 15 is 0 Å². The number of hydrogen-bond donors (Lipinski definition) is 1. The predicted molar refractivity (Wildman–Crippen MR) is 87.7 cm³/mol. The van der Waals surface area contributed by atoms with E-state index in [1.54, 1.807) is 0 Å². The van der Waals surface area contributed by atoms with Gasteiger partial charge < -0.3 is 15.4 Å². The van der Waals surface area contributed by atoms with E-state index in [9.17, 15) is 32.9 Å². The monoisotopic (exact) mass is 389 g/mol. The Balaban J connectivity index is 2.06. The first kappa shape index (κ1) is 20.5. The van der Waals surface area contributed by atoms with E-state index in [2.05, 4.69) is 0 Å². The minimum Gasteiger partial charge on any atom is -0.452 e. The molecular formula is C16H18F3N3O5. The lowest BCUT2D eigenvalue weighted by atomic mass is 10.1. The molecule has 0 heterocycles. The van der Waals surface area contributed by atoms with Gasteiger partial charge in [-0.05, 0) is 31.7 Å². The number of rotatable bonds is 7. The highest BCUT2D eigenvalue weighted by molar-refractivity contribution is 5.97. The Morgan fingerprint density at radius 3 is 2.56 bits per heavy atom. The maximum atomic E-state index is 12.8. The molecule has 1 fully saturated rings. The average molecular weight is 389 g/mol. The standard InChI is InChI=1S/C16H18F3N3O5/c1-9(10-2-3-10)21(8-16(17,18)19)14(23)7-27-15(24)12-6-11(22(25)26)4-5-13(12)20/h4-6,9-10H,2-3,7-8,20H2,1H3. The summed E-state index contributed by atoms with van der Waals surface area (Å²) < 4.78 is 43.0. The van der Waals surface area contributed by atoms with Gasteiger partial charge in [-0.3, -0.25) is 14.9 Å². The lowest BCUT2D eigenvalue weighted by molar-refractivity contribution is -0.384. The van der Waals surface area contributed by atoms with Gasteiger partial charge in [0.05, 0.1) is 10.5 Å². The number of amides is 1. The van der Waals surface area contributed by atoms with Crippen LogP contribution in [0.25, 0.3) is 0 Å². The molecule has 1 saturated carbocycles. The van der Waals surface area contributed by atoms with Crippen LogP contribution in [0, 0.1) is 16.0 Å². The van der Waals surface area contributed by atoms with Crippen molar-refractivity contribution in [1.82, 2.24) is 4.90 Å². The Hall–Kier alpha value is -2.85. The third-order valence-electron chi connectivity index (χ3n) is 4.26. The molecule has 0 radical (unpaired) electrons. The fourth-order valence-electron chi connectivity index (χ4n) is 2.61. The fourth-order valence-corrected chi connectivity index (χ4v) is 2.61. The largest absolute Gasteiger partial charge is 0.452 e. The third kappa shape index (κ3) is 5.56. The lowest BCUT2D eigenvalue weighted by Crippen LogP contribution is -2.47. The number of nitro groups is 1. The summed E-state index contributed by atoms with van der Waals surface area (Å²) in [6.07, 6.45) is -3.13. The summed E-state index contributed by atoms with van der Waals surface area (Å²) in [5.74, 6) is -2.14. The number of hydrogen-bond acceptors (Lipinski definition) is 6. The molecule has 0 bridgehead atoms. The fraction of sp³-hybridized carbons (Fsp3) is 0.500. The smallest absolute Gasteiger partial charge is 0.406 e. The van der Waals surface area contributed by atoms with Crippen molar-refractivity contribution in [2.45, 2.75) is 32.0 Å². The summed E-state index contributed by atoms with van der Waals surface area (Å²) >= 11 is 0. The number of esters is 1. The van der Waals surface area contributed by atoms with Gasteiger partial charge in [-0.25, -0.2) is 4.79 Å². The molecule has 27 heavy (non-hydrogen) atoms. The second kappa shape index (κ2) is 7.80. The van der Waals surface area contributed by atoms with Crippen molar-refractivity contribution in [3.8, 4) is 0 Å². The minimum atomic E-state index is -4.59. The van der Waals surface area contributed by atoms with Gasteiger partial charge in [0, 0.05) is 23.9 Å². The maximum Gasteiger partial charge on any atom is 0.406 e. The molecule has 1 aliphatic rings. The maximum absolute atomic E-state index is 12.8. The highest BCUT2D eigenvalue weighted by Crippen LogP contribution is 2.36. The van der Waals surface area contributed by atoms with Crippen LogP contribution in [-0.2, 0) is 9.53 Å². The first-order chi connectivity index (χ1) is 12.5. The molecule has 11 heteroatoms. The Morgan fingerprint density at radius 2 is 2.04 bits per heavy atom. The number of ether oxygens (including phenoxy) is 1. The molecule has 148 valence electrons. The topological polar surface area (TPSA) is 116 Å². The van der Waals surface area contributed by atoms with Crippen molar-refractivity contribution >= 4 is 23.3 Å². The number of nitro benzene ring substituents is 1. The molecule has 2 N–H and O–H groups in total. The summed E-state index contributed by atoms with van der Waals surface area (Å²) in [5, 5.41) is 10.8. The van der Waals surface area contributed by atoms with Gasteiger partial charge in [0.15, 0.2) is 6.61 Å². The summed E-state index contributed by atoms with van der Waals surface area (Å²) in [4.78, 5) is 34.9.